The highest BCUT2D eigenvalue weighted by Gasteiger charge is 2.39. The third-order valence-corrected chi connectivity index (χ3v) is 5.25. The fourth-order valence-corrected chi connectivity index (χ4v) is 3.51. The first-order chi connectivity index (χ1) is 14.4. The van der Waals surface area contributed by atoms with Crippen molar-refractivity contribution in [1.82, 2.24) is 20.6 Å². The van der Waals surface area contributed by atoms with Gasteiger partial charge in [0.15, 0.2) is 0 Å². The highest BCUT2D eigenvalue weighted by atomic mass is 16.2. The molecule has 1 fully saturated rings. The Morgan fingerprint density at radius 2 is 1.87 bits per heavy atom. The van der Waals surface area contributed by atoms with Gasteiger partial charge >= 0.3 is 6.03 Å². The zero-order chi connectivity index (χ0) is 21.3. The van der Waals surface area contributed by atoms with Gasteiger partial charge in [-0.2, -0.15) is 0 Å². The number of rotatable bonds is 6. The number of carbonyl (C=O) groups excluding carboxylic acids is 3. The van der Waals surface area contributed by atoms with E-state index >= 15 is 0 Å². The highest BCUT2D eigenvalue weighted by Crippen LogP contribution is 2.20. The maximum absolute atomic E-state index is 12.5. The summed E-state index contributed by atoms with van der Waals surface area (Å²) in [5.74, 6) is 0.0616. The molecule has 2 heterocycles. The smallest absolute Gasteiger partial charge is 0.329 e. The van der Waals surface area contributed by atoms with Crippen LogP contribution < -0.4 is 15.5 Å². The van der Waals surface area contributed by atoms with E-state index in [0.717, 1.165) is 21.8 Å². The first-order valence-corrected chi connectivity index (χ1v) is 9.84. The summed E-state index contributed by atoms with van der Waals surface area (Å²) in [4.78, 5) is 45.9. The van der Waals surface area contributed by atoms with E-state index in [1.165, 1.54) is 11.1 Å². The summed E-state index contributed by atoms with van der Waals surface area (Å²) < 4.78 is 0. The van der Waals surface area contributed by atoms with Crippen LogP contribution in [-0.2, 0) is 16.0 Å². The SMILES string of the molecule is Cc1cc2nc(CCNC(=O)C[C@@H]3NC(=O)N(c4ccccc4)C3=O)[nH]c2cc1C. The Balaban J connectivity index is 1.31. The van der Waals surface area contributed by atoms with Crippen LogP contribution in [0.5, 0.6) is 0 Å². The Hall–Kier alpha value is -3.68. The predicted octanol–water partition coefficient (Wildman–Crippen LogP) is 2.35. The lowest BCUT2D eigenvalue weighted by atomic mass is 10.1. The molecule has 3 N–H and O–H groups in total. The molecule has 30 heavy (non-hydrogen) atoms. The summed E-state index contributed by atoms with van der Waals surface area (Å²) in [6.07, 6.45) is 0.437. The average molecular weight is 405 g/mol. The molecule has 1 saturated heterocycles. The molecule has 1 atom stereocenters. The Morgan fingerprint density at radius 3 is 2.63 bits per heavy atom. The van der Waals surface area contributed by atoms with Crippen LogP contribution in [0.4, 0.5) is 10.5 Å². The number of urea groups is 1. The first kappa shape index (κ1) is 19.6. The van der Waals surface area contributed by atoms with E-state index in [-0.39, 0.29) is 12.3 Å². The molecule has 1 aliphatic rings. The zero-order valence-corrected chi connectivity index (χ0v) is 16.9. The van der Waals surface area contributed by atoms with Gasteiger partial charge in [-0.05, 0) is 49.2 Å². The van der Waals surface area contributed by atoms with Crippen molar-refractivity contribution in [3.8, 4) is 0 Å². The van der Waals surface area contributed by atoms with Crippen molar-refractivity contribution in [2.45, 2.75) is 32.7 Å². The molecular formula is C22H23N5O3. The van der Waals surface area contributed by atoms with Crippen LogP contribution in [0, 0.1) is 13.8 Å². The third kappa shape index (κ3) is 3.89. The Bertz CT molecular complexity index is 1080. The van der Waals surface area contributed by atoms with Crippen molar-refractivity contribution in [2.24, 2.45) is 0 Å². The first-order valence-electron chi connectivity index (χ1n) is 9.84. The van der Waals surface area contributed by atoms with Gasteiger partial charge in [0.25, 0.3) is 5.91 Å². The number of nitrogens with one attached hydrogen (secondary N) is 3. The highest BCUT2D eigenvalue weighted by molar-refractivity contribution is 6.22. The second-order valence-electron chi connectivity index (χ2n) is 7.45. The quantitative estimate of drug-likeness (QED) is 0.547. The molecule has 0 unspecified atom stereocenters. The molecule has 154 valence electrons. The number of amides is 4. The van der Waals surface area contributed by atoms with E-state index in [9.17, 15) is 14.4 Å². The number of aromatic amines is 1. The van der Waals surface area contributed by atoms with Gasteiger partial charge in [0.05, 0.1) is 23.1 Å². The molecule has 0 radical (unpaired) electrons. The molecule has 0 saturated carbocycles. The van der Waals surface area contributed by atoms with E-state index in [1.54, 1.807) is 30.3 Å². The van der Waals surface area contributed by atoms with Gasteiger partial charge in [-0.15, -0.1) is 0 Å². The van der Waals surface area contributed by atoms with Gasteiger partial charge < -0.3 is 15.6 Å². The van der Waals surface area contributed by atoms with Crippen LogP contribution in [0.15, 0.2) is 42.5 Å². The number of hydrogen-bond donors (Lipinski definition) is 3. The molecule has 1 aliphatic heterocycles. The van der Waals surface area contributed by atoms with Gasteiger partial charge in [-0.1, -0.05) is 18.2 Å². The topological polar surface area (TPSA) is 107 Å². The fraction of sp³-hybridized carbons (Fsp3) is 0.273. The molecule has 0 bridgehead atoms. The molecular weight excluding hydrogens is 382 g/mol. The van der Waals surface area contributed by atoms with Crippen molar-refractivity contribution in [1.29, 1.82) is 0 Å². The molecule has 0 aliphatic carbocycles. The van der Waals surface area contributed by atoms with Gasteiger partial charge in [0.2, 0.25) is 5.91 Å². The lowest BCUT2D eigenvalue weighted by molar-refractivity contribution is -0.125. The maximum Gasteiger partial charge on any atom is 0.329 e. The number of nitrogens with zero attached hydrogens (tertiary/aromatic N) is 2. The summed E-state index contributed by atoms with van der Waals surface area (Å²) in [7, 11) is 0. The molecule has 1 aromatic heterocycles. The molecule has 2 aromatic carbocycles. The third-order valence-electron chi connectivity index (χ3n) is 5.25. The summed E-state index contributed by atoms with van der Waals surface area (Å²) in [6.45, 7) is 4.48. The number of anilines is 1. The zero-order valence-electron chi connectivity index (χ0n) is 16.9. The van der Waals surface area contributed by atoms with Gasteiger partial charge in [-0.3, -0.25) is 9.59 Å². The Morgan fingerprint density at radius 1 is 1.13 bits per heavy atom. The number of aryl methyl sites for hydroxylation is 2. The van der Waals surface area contributed by atoms with Crippen molar-refractivity contribution < 1.29 is 14.4 Å². The number of aromatic nitrogens is 2. The summed E-state index contributed by atoms with van der Waals surface area (Å²) in [5, 5.41) is 5.37. The lowest BCUT2D eigenvalue weighted by Crippen LogP contribution is -2.37. The van der Waals surface area contributed by atoms with Crippen LogP contribution in [-0.4, -0.2) is 40.4 Å². The van der Waals surface area contributed by atoms with E-state index in [0.29, 0.717) is 18.7 Å². The normalized spacial score (nSPS) is 16.2. The number of para-hydroxylation sites is 1. The average Bonchev–Trinajstić information content (AvgIpc) is 3.22. The number of carbonyl (C=O) groups is 3. The van der Waals surface area contributed by atoms with Crippen LogP contribution in [0.25, 0.3) is 11.0 Å². The van der Waals surface area contributed by atoms with Crippen LogP contribution in [0.1, 0.15) is 23.4 Å². The van der Waals surface area contributed by atoms with E-state index in [2.05, 4.69) is 33.6 Å². The number of imidazole rings is 1. The van der Waals surface area contributed by atoms with Crippen LogP contribution in [0.3, 0.4) is 0 Å². The number of H-pyrrole nitrogens is 1. The minimum absolute atomic E-state index is 0.105. The van der Waals surface area contributed by atoms with Gasteiger partial charge in [0, 0.05) is 13.0 Å². The summed E-state index contributed by atoms with van der Waals surface area (Å²) >= 11 is 0. The van der Waals surface area contributed by atoms with Gasteiger partial charge in [0.1, 0.15) is 11.9 Å². The number of benzene rings is 2. The molecule has 8 heteroatoms. The van der Waals surface area contributed by atoms with E-state index < -0.39 is 18.0 Å². The van der Waals surface area contributed by atoms with Crippen molar-refractivity contribution in [3.63, 3.8) is 0 Å². The maximum atomic E-state index is 12.5. The Kier molecular flexibility index (Phi) is 5.22. The van der Waals surface area contributed by atoms with Gasteiger partial charge in [-0.25, -0.2) is 14.7 Å². The predicted molar refractivity (Wildman–Crippen MR) is 113 cm³/mol. The van der Waals surface area contributed by atoms with E-state index in [1.807, 2.05) is 13.0 Å². The fourth-order valence-electron chi connectivity index (χ4n) is 3.51. The lowest BCUT2D eigenvalue weighted by Gasteiger charge is -2.12. The molecule has 4 amide bonds. The molecule has 8 nitrogen and oxygen atoms in total. The molecule has 3 aromatic rings. The van der Waals surface area contributed by atoms with E-state index in [4.69, 9.17) is 0 Å². The summed E-state index contributed by atoms with van der Waals surface area (Å²) in [6, 6.07) is 11.4. The second-order valence-corrected chi connectivity index (χ2v) is 7.45. The monoisotopic (exact) mass is 405 g/mol. The van der Waals surface area contributed by atoms with Crippen molar-refractivity contribution in [2.75, 3.05) is 11.4 Å². The number of fused-ring (bicyclic) bond motifs is 1. The minimum Gasteiger partial charge on any atom is -0.356 e. The number of imide groups is 1. The second kappa shape index (κ2) is 7.98. The number of hydrogen-bond acceptors (Lipinski definition) is 4. The van der Waals surface area contributed by atoms with Crippen LogP contribution in [0.2, 0.25) is 0 Å². The molecule has 4 rings (SSSR count). The van der Waals surface area contributed by atoms with Crippen molar-refractivity contribution in [3.05, 3.63) is 59.4 Å². The summed E-state index contributed by atoms with van der Waals surface area (Å²) in [5.41, 5.74) is 4.73. The largest absolute Gasteiger partial charge is 0.356 e. The van der Waals surface area contributed by atoms with Crippen molar-refractivity contribution >= 4 is 34.6 Å². The Labute approximate surface area is 173 Å². The minimum atomic E-state index is -0.866. The molecule has 0 spiro atoms. The van der Waals surface area contributed by atoms with Crippen LogP contribution >= 0.6 is 0 Å². The standard InChI is InChI=1S/C22H23N5O3/c1-13-10-16-17(11-14(13)2)25-19(24-16)8-9-23-20(28)12-18-21(29)27(22(30)26-18)15-6-4-3-5-7-15/h3-7,10-11,18H,8-9,12H2,1-2H3,(H,23,28)(H,24,25)(H,26,30)/t18-/m0/s1.